The molecule has 33 heavy (non-hydrogen) atoms. The average molecular weight is 446 g/mol. The SMILES string of the molecule is COC(=O)c1ccccc1-c1cc(CC(C)C(=O)OC)cc(-c2ccccc2C(=O)OC)c1. The van der Waals surface area contributed by atoms with Gasteiger partial charge in [0, 0.05) is 0 Å². The Morgan fingerprint density at radius 3 is 1.58 bits per heavy atom. The minimum Gasteiger partial charge on any atom is -0.469 e. The highest BCUT2D eigenvalue weighted by Gasteiger charge is 2.19. The van der Waals surface area contributed by atoms with Crippen molar-refractivity contribution >= 4 is 17.9 Å². The molecule has 1 atom stereocenters. The Labute approximate surface area is 193 Å². The predicted octanol–water partition coefficient (Wildman–Crippen LogP) is 4.95. The number of hydrogen-bond donors (Lipinski definition) is 0. The molecule has 1 unspecified atom stereocenters. The number of carbonyl (C=O) groups excluding carboxylic acids is 3. The van der Waals surface area contributed by atoms with Crippen molar-refractivity contribution in [3.63, 3.8) is 0 Å². The summed E-state index contributed by atoms with van der Waals surface area (Å²) < 4.78 is 14.8. The summed E-state index contributed by atoms with van der Waals surface area (Å²) in [4.78, 5) is 36.8. The Morgan fingerprint density at radius 1 is 0.697 bits per heavy atom. The molecule has 0 amide bonds. The van der Waals surface area contributed by atoms with Crippen molar-refractivity contribution in [2.75, 3.05) is 21.3 Å². The fourth-order valence-electron chi connectivity index (χ4n) is 3.80. The largest absolute Gasteiger partial charge is 0.469 e. The van der Waals surface area contributed by atoms with Gasteiger partial charge in [0.25, 0.3) is 0 Å². The summed E-state index contributed by atoms with van der Waals surface area (Å²) in [5, 5.41) is 0. The van der Waals surface area contributed by atoms with E-state index in [2.05, 4.69) is 0 Å². The van der Waals surface area contributed by atoms with E-state index in [4.69, 9.17) is 14.2 Å². The number of hydrogen-bond acceptors (Lipinski definition) is 6. The Kier molecular flexibility index (Phi) is 7.61. The maximum atomic E-state index is 12.4. The molecule has 0 aliphatic heterocycles. The molecule has 0 aromatic heterocycles. The van der Waals surface area contributed by atoms with Crippen molar-refractivity contribution in [2.45, 2.75) is 13.3 Å². The molecule has 0 aliphatic carbocycles. The first-order chi connectivity index (χ1) is 15.9. The van der Waals surface area contributed by atoms with Crippen molar-refractivity contribution in [1.82, 2.24) is 0 Å². The van der Waals surface area contributed by atoms with Gasteiger partial charge in [-0.3, -0.25) is 4.79 Å². The van der Waals surface area contributed by atoms with Gasteiger partial charge in [-0.15, -0.1) is 0 Å². The van der Waals surface area contributed by atoms with Crippen molar-refractivity contribution in [3.8, 4) is 22.3 Å². The van der Waals surface area contributed by atoms with E-state index >= 15 is 0 Å². The van der Waals surface area contributed by atoms with Crippen LogP contribution in [0.5, 0.6) is 0 Å². The first kappa shape index (κ1) is 23.7. The van der Waals surface area contributed by atoms with Crippen LogP contribution in [0, 0.1) is 5.92 Å². The average Bonchev–Trinajstić information content (AvgIpc) is 2.86. The van der Waals surface area contributed by atoms with Gasteiger partial charge >= 0.3 is 17.9 Å². The highest BCUT2D eigenvalue weighted by molar-refractivity contribution is 5.99. The molecular formula is C27H26O6. The van der Waals surface area contributed by atoms with Gasteiger partial charge in [-0.1, -0.05) is 55.5 Å². The lowest BCUT2D eigenvalue weighted by atomic mass is 9.89. The quantitative estimate of drug-likeness (QED) is 0.378. The van der Waals surface area contributed by atoms with Crippen molar-refractivity contribution < 1.29 is 28.6 Å². The lowest BCUT2D eigenvalue weighted by molar-refractivity contribution is -0.144. The summed E-state index contributed by atoms with van der Waals surface area (Å²) in [6.45, 7) is 1.79. The van der Waals surface area contributed by atoms with Gasteiger partial charge in [-0.25, -0.2) is 9.59 Å². The third-order valence-corrected chi connectivity index (χ3v) is 5.42. The highest BCUT2D eigenvalue weighted by Crippen LogP contribution is 2.33. The highest BCUT2D eigenvalue weighted by atomic mass is 16.5. The number of esters is 3. The third kappa shape index (κ3) is 5.29. The van der Waals surface area contributed by atoms with Crippen molar-refractivity contribution in [3.05, 3.63) is 83.4 Å². The number of benzene rings is 3. The fourth-order valence-corrected chi connectivity index (χ4v) is 3.80. The molecule has 0 N–H and O–H groups in total. The van der Waals surface area contributed by atoms with Crippen LogP contribution >= 0.6 is 0 Å². The number of rotatable bonds is 7. The molecule has 0 aliphatic rings. The molecule has 0 bridgehead atoms. The van der Waals surface area contributed by atoms with Crippen LogP contribution in [0.15, 0.2) is 66.7 Å². The number of carbonyl (C=O) groups is 3. The molecule has 0 saturated carbocycles. The van der Waals surface area contributed by atoms with Crippen molar-refractivity contribution in [2.24, 2.45) is 5.92 Å². The Hall–Kier alpha value is -3.93. The van der Waals surface area contributed by atoms with Crippen LogP contribution in [0.4, 0.5) is 0 Å². The lowest BCUT2D eigenvalue weighted by Gasteiger charge is -2.16. The van der Waals surface area contributed by atoms with Crippen LogP contribution in [0.2, 0.25) is 0 Å². The molecular weight excluding hydrogens is 420 g/mol. The topological polar surface area (TPSA) is 78.9 Å². The van der Waals surface area contributed by atoms with E-state index < -0.39 is 11.9 Å². The van der Waals surface area contributed by atoms with Gasteiger partial charge in [0.15, 0.2) is 0 Å². The molecule has 6 heteroatoms. The van der Waals surface area contributed by atoms with E-state index in [0.29, 0.717) is 28.7 Å². The predicted molar refractivity (Wildman–Crippen MR) is 125 cm³/mol. The number of methoxy groups -OCH3 is 3. The maximum absolute atomic E-state index is 12.4. The minimum absolute atomic E-state index is 0.313. The normalized spacial score (nSPS) is 11.4. The molecule has 0 spiro atoms. The third-order valence-electron chi connectivity index (χ3n) is 5.42. The van der Waals surface area contributed by atoms with E-state index in [1.807, 2.05) is 42.5 Å². The van der Waals surface area contributed by atoms with Gasteiger partial charge in [-0.05, 0) is 52.4 Å². The van der Waals surface area contributed by atoms with Crippen LogP contribution in [0.25, 0.3) is 22.3 Å². The molecule has 3 rings (SSSR count). The van der Waals surface area contributed by atoms with Crippen LogP contribution in [0.1, 0.15) is 33.2 Å². The zero-order chi connectivity index (χ0) is 24.0. The second-order valence-corrected chi connectivity index (χ2v) is 7.62. The Balaban J connectivity index is 2.23. The summed E-state index contributed by atoms with van der Waals surface area (Å²) in [7, 11) is 4.04. The Morgan fingerprint density at radius 2 is 1.15 bits per heavy atom. The first-order valence-corrected chi connectivity index (χ1v) is 10.5. The molecule has 170 valence electrons. The second-order valence-electron chi connectivity index (χ2n) is 7.62. The van der Waals surface area contributed by atoms with E-state index in [1.54, 1.807) is 31.2 Å². The van der Waals surface area contributed by atoms with E-state index in [1.165, 1.54) is 21.3 Å². The van der Waals surface area contributed by atoms with Crippen LogP contribution < -0.4 is 0 Å². The molecule has 3 aromatic carbocycles. The number of ether oxygens (including phenoxy) is 3. The summed E-state index contributed by atoms with van der Waals surface area (Å²) in [6.07, 6.45) is 0.425. The summed E-state index contributed by atoms with van der Waals surface area (Å²) in [6, 6.07) is 20.1. The smallest absolute Gasteiger partial charge is 0.338 e. The van der Waals surface area contributed by atoms with Crippen LogP contribution in [0.3, 0.4) is 0 Å². The fraction of sp³-hybridized carbons (Fsp3) is 0.222. The van der Waals surface area contributed by atoms with Gasteiger partial charge in [0.2, 0.25) is 0 Å². The van der Waals surface area contributed by atoms with Crippen LogP contribution in [-0.2, 0) is 25.4 Å². The standard InChI is InChI=1S/C27H26O6/c1-17(25(28)31-2)13-18-14-19(21-9-5-7-11-23(21)26(29)32-3)16-20(15-18)22-10-6-8-12-24(22)27(30)33-4/h5-12,14-17H,13H2,1-4H3. The van der Waals surface area contributed by atoms with Crippen LogP contribution in [-0.4, -0.2) is 39.2 Å². The van der Waals surface area contributed by atoms with Gasteiger partial charge in [0.05, 0.1) is 38.4 Å². The van der Waals surface area contributed by atoms with E-state index in [0.717, 1.165) is 16.7 Å². The zero-order valence-electron chi connectivity index (χ0n) is 19.1. The van der Waals surface area contributed by atoms with Crippen molar-refractivity contribution in [1.29, 1.82) is 0 Å². The minimum atomic E-state index is -0.449. The van der Waals surface area contributed by atoms with Gasteiger partial charge in [0.1, 0.15) is 0 Å². The molecule has 3 aromatic rings. The molecule has 0 fully saturated rings. The van der Waals surface area contributed by atoms with E-state index in [-0.39, 0.29) is 11.9 Å². The zero-order valence-corrected chi connectivity index (χ0v) is 19.1. The van der Waals surface area contributed by atoms with Gasteiger partial charge < -0.3 is 14.2 Å². The monoisotopic (exact) mass is 446 g/mol. The van der Waals surface area contributed by atoms with E-state index in [9.17, 15) is 14.4 Å². The summed E-state index contributed by atoms with van der Waals surface area (Å²) in [5.74, 6) is -1.58. The second kappa shape index (κ2) is 10.6. The molecule has 0 heterocycles. The lowest BCUT2D eigenvalue weighted by Crippen LogP contribution is -2.15. The molecule has 6 nitrogen and oxygen atoms in total. The maximum Gasteiger partial charge on any atom is 0.338 e. The first-order valence-electron chi connectivity index (χ1n) is 10.5. The summed E-state index contributed by atoms with van der Waals surface area (Å²) >= 11 is 0. The molecule has 0 saturated heterocycles. The molecule has 0 radical (unpaired) electrons. The Bertz CT molecular complexity index is 1100. The summed E-state index contributed by atoms with van der Waals surface area (Å²) in [5.41, 5.74) is 4.61. The van der Waals surface area contributed by atoms with Gasteiger partial charge in [-0.2, -0.15) is 0 Å².